The number of anilines is 1. The molecule has 0 aliphatic rings. The number of nitrogens with one attached hydrogen (secondary N) is 1. The summed E-state index contributed by atoms with van der Waals surface area (Å²) in [7, 11) is -4.08. The predicted octanol–water partition coefficient (Wildman–Crippen LogP) is 5.66. The Morgan fingerprint density at radius 2 is 1.81 bits per heavy atom. The first kappa shape index (κ1) is 24.8. The van der Waals surface area contributed by atoms with E-state index in [4.69, 9.17) is 13.9 Å². The van der Waals surface area contributed by atoms with E-state index >= 15 is 0 Å². The van der Waals surface area contributed by atoms with Crippen molar-refractivity contribution in [2.45, 2.75) is 11.8 Å². The van der Waals surface area contributed by atoms with Gasteiger partial charge in [0, 0.05) is 16.2 Å². The fourth-order valence-corrected chi connectivity index (χ4v) is 5.25. The largest absolute Gasteiger partial charge is 0.465 e. The lowest BCUT2D eigenvalue weighted by atomic mass is 10.1. The van der Waals surface area contributed by atoms with Gasteiger partial charge in [-0.1, -0.05) is 42.5 Å². The second-order valence-electron chi connectivity index (χ2n) is 8.12. The summed E-state index contributed by atoms with van der Waals surface area (Å²) in [6.07, 6.45) is 1.82. The second kappa shape index (κ2) is 10.2. The zero-order valence-corrected chi connectivity index (χ0v) is 22.1. The number of imidazole rings is 1. The van der Waals surface area contributed by atoms with Crippen LogP contribution in [0.2, 0.25) is 0 Å². The van der Waals surface area contributed by atoms with Gasteiger partial charge in [-0.15, -0.1) is 0 Å². The molecular weight excluding hydrogens is 558 g/mol. The SMILES string of the molecule is CCOC(=O)CNc1c(-c2cccc(OS(=O)(=O)c3ccc4ccccc4c3)c2)nc2ccc(Br)cn12. The Balaban J connectivity index is 1.49. The van der Waals surface area contributed by atoms with Crippen molar-refractivity contribution in [3.05, 3.63) is 89.5 Å². The van der Waals surface area contributed by atoms with E-state index in [1.54, 1.807) is 47.7 Å². The van der Waals surface area contributed by atoms with Crippen LogP contribution in [0, 0.1) is 0 Å². The Morgan fingerprint density at radius 3 is 2.62 bits per heavy atom. The molecule has 8 nitrogen and oxygen atoms in total. The quantitative estimate of drug-likeness (QED) is 0.187. The van der Waals surface area contributed by atoms with Gasteiger partial charge in [0.2, 0.25) is 0 Å². The number of carbonyl (C=O) groups is 1. The number of halogens is 1. The fraction of sp³-hybridized carbons (Fsp3) is 0.111. The third kappa shape index (κ3) is 5.30. The van der Waals surface area contributed by atoms with Crippen LogP contribution in [0.25, 0.3) is 27.7 Å². The molecule has 0 radical (unpaired) electrons. The first-order chi connectivity index (χ1) is 17.8. The molecule has 5 aromatic rings. The molecule has 3 aromatic carbocycles. The number of carbonyl (C=O) groups excluding carboxylic acids is 1. The number of rotatable bonds is 8. The average Bonchev–Trinajstić information content (AvgIpc) is 3.25. The number of pyridine rings is 1. The number of aromatic nitrogens is 2. The Labute approximate surface area is 222 Å². The van der Waals surface area contributed by atoms with E-state index in [0.717, 1.165) is 15.2 Å². The van der Waals surface area contributed by atoms with E-state index in [2.05, 4.69) is 21.2 Å². The molecule has 0 aliphatic carbocycles. The molecule has 0 saturated carbocycles. The molecule has 0 aliphatic heterocycles. The Bertz CT molecular complexity index is 1730. The molecular formula is C27H22BrN3O5S. The number of hydrogen-bond acceptors (Lipinski definition) is 7. The van der Waals surface area contributed by atoms with Gasteiger partial charge in [0.1, 0.15) is 34.3 Å². The normalized spacial score (nSPS) is 11.5. The van der Waals surface area contributed by atoms with Gasteiger partial charge in [-0.25, -0.2) is 4.98 Å². The van der Waals surface area contributed by atoms with Gasteiger partial charge in [0.25, 0.3) is 0 Å². The van der Waals surface area contributed by atoms with Crippen molar-refractivity contribution >= 4 is 54.3 Å². The number of fused-ring (bicyclic) bond motifs is 2. The molecule has 37 heavy (non-hydrogen) atoms. The zero-order valence-electron chi connectivity index (χ0n) is 19.7. The van der Waals surface area contributed by atoms with Crippen LogP contribution in [0.5, 0.6) is 5.75 Å². The molecule has 0 atom stereocenters. The summed E-state index contributed by atoms with van der Waals surface area (Å²) in [6, 6.07) is 22.7. The number of hydrogen-bond donors (Lipinski definition) is 1. The van der Waals surface area contributed by atoms with Gasteiger partial charge in [0.05, 0.1) is 6.61 Å². The van der Waals surface area contributed by atoms with Crippen LogP contribution in [0.1, 0.15) is 6.92 Å². The van der Waals surface area contributed by atoms with Crippen LogP contribution in [-0.2, 0) is 19.6 Å². The first-order valence-electron chi connectivity index (χ1n) is 11.4. The summed E-state index contributed by atoms with van der Waals surface area (Å²) in [5, 5.41) is 4.84. The van der Waals surface area contributed by atoms with Gasteiger partial charge in [-0.2, -0.15) is 8.42 Å². The summed E-state index contributed by atoms with van der Waals surface area (Å²) in [6.45, 7) is 1.96. The van der Waals surface area contributed by atoms with Crippen LogP contribution in [-0.4, -0.2) is 36.9 Å². The van der Waals surface area contributed by atoms with Crippen molar-refractivity contribution in [1.82, 2.24) is 9.38 Å². The molecule has 0 spiro atoms. The highest BCUT2D eigenvalue weighted by Crippen LogP contribution is 2.33. The van der Waals surface area contributed by atoms with Crippen LogP contribution in [0.3, 0.4) is 0 Å². The fourth-order valence-electron chi connectivity index (χ4n) is 3.95. The molecule has 2 aromatic heterocycles. The van der Waals surface area contributed by atoms with E-state index in [0.29, 0.717) is 22.7 Å². The molecule has 0 fully saturated rings. The maximum atomic E-state index is 13.1. The van der Waals surface area contributed by atoms with Crippen LogP contribution < -0.4 is 9.50 Å². The van der Waals surface area contributed by atoms with Gasteiger partial charge >= 0.3 is 16.1 Å². The second-order valence-corrected chi connectivity index (χ2v) is 10.6. The summed E-state index contributed by atoms with van der Waals surface area (Å²) < 4.78 is 39.3. The Morgan fingerprint density at radius 1 is 1.00 bits per heavy atom. The maximum absolute atomic E-state index is 13.1. The highest BCUT2D eigenvalue weighted by molar-refractivity contribution is 9.10. The molecule has 5 rings (SSSR count). The van der Waals surface area contributed by atoms with Gasteiger partial charge < -0.3 is 14.2 Å². The first-order valence-corrected chi connectivity index (χ1v) is 13.6. The third-order valence-corrected chi connectivity index (χ3v) is 7.32. The van der Waals surface area contributed by atoms with Crippen LogP contribution >= 0.6 is 15.9 Å². The Hall–Kier alpha value is -3.89. The maximum Gasteiger partial charge on any atom is 0.339 e. The monoisotopic (exact) mass is 579 g/mol. The number of benzene rings is 3. The van der Waals surface area contributed by atoms with Crippen molar-refractivity contribution in [3.63, 3.8) is 0 Å². The van der Waals surface area contributed by atoms with Gasteiger partial charge in [-0.05, 0) is 70.0 Å². The van der Waals surface area contributed by atoms with E-state index in [1.165, 1.54) is 6.07 Å². The lowest BCUT2D eigenvalue weighted by Gasteiger charge is -2.11. The molecule has 1 N–H and O–H groups in total. The summed E-state index contributed by atoms with van der Waals surface area (Å²) in [4.78, 5) is 16.8. The molecule has 188 valence electrons. The molecule has 0 unspecified atom stereocenters. The third-order valence-electron chi connectivity index (χ3n) is 5.61. The minimum atomic E-state index is -4.08. The van der Waals surface area contributed by atoms with Crippen LogP contribution in [0.4, 0.5) is 5.82 Å². The van der Waals surface area contributed by atoms with Crippen molar-refractivity contribution in [2.24, 2.45) is 0 Å². The number of nitrogens with zero attached hydrogens (tertiary/aromatic N) is 2. The zero-order chi connectivity index (χ0) is 26.0. The molecule has 2 heterocycles. The number of esters is 1. The van der Waals surface area contributed by atoms with Crippen LogP contribution in [0.15, 0.2) is 94.4 Å². The minimum absolute atomic E-state index is 0.0611. The van der Waals surface area contributed by atoms with Gasteiger partial charge in [-0.3, -0.25) is 9.20 Å². The highest BCUT2D eigenvalue weighted by Gasteiger charge is 2.20. The molecule has 0 amide bonds. The van der Waals surface area contributed by atoms with Gasteiger partial charge in [0.15, 0.2) is 0 Å². The van der Waals surface area contributed by atoms with Crippen molar-refractivity contribution < 1.29 is 22.1 Å². The van der Waals surface area contributed by atoms with E-state index in [9.17, 15) is 13.2 Å². The van der Waals surface area contributed by atoms with Crippen molar-refractivity contribution in [1.29, 1.82) is 0 Å². The lowest BCUT2D eigenvalue weighted by Crippen LogP contribution is -2.17. The van der Waals surface area contributed by atoms with E-state index in [-0.39, 0.29) is 23.8 Å². The smallest absolute Gasteiger partial charge is 0.339 e. The number of ether oxygens (including phenoxy) is 1. The van der Waals surface area contributed by atoms with Crippen molar-refractivity contribution in [2.75, 3.05) is 18.5 Å². The minimum Gasteiger partial charge on any atom is -0.465 e. The standard InChI is InChI=1S/C27H22BrN3O5S/c1-2-35-25(32)16-29-27-26(30-24-13-11-21(28)17-31(24)27)20-8-5-9-22(14-20)36-37(33,34)23-12-10-18-6-3-4-7-19(18)15-23/h3-15,17,29H,2,16H2,1H3. The summed E-state index contributed by atoms with van der Waals surface area (Å²) in [5.41, 5.74) is 1.77. The van der Waals surface area contributed by atoms with E-state index < -0.39 is 16.1 Å². The van der Waals surface area contributed by atoms with Crippen molar-refractivity contribution in [3.8, 4) is 17.0 Å². The van der Waals surface area contributed by atoms with E-state index in [1.807, 2.05) is 42.6 Å². The summed E-state index contributed by atoms with van der Waals surface area (Å²) in [5.74, 6) is 0.288. The average molecular weight is 580 g/mol. The molecule has 0 saturated heterocycles. The highest BCUT2D eigenvalue weighted by atomic mass is 79.9. The Kier molecular flexibility index (Phi) is 6.86. The summed E-state index contributed by atoms with van der Waals surface area (Å²) >= 11 is 3.46. The lowest BCUT2D eigenvalue weighted by molar-refractivity contribution is -0.140. The topological polar surface area (TPSA) is 99.0 Å². The molecule has 0 bridgehead atoms. The molecule has 10 heteroatoms. The predicted molar refractivity (Wildman–Crippen MR) is 145 cm³/mol.